The smallest absolute Gasteiger partial charge is 0.224 e. The minimum absolute atomic E-state index is 0.0756. The van der Waals surface area contributed by atoms with Crippen LogP contribution in [-0.2, 0) is 4.79 Å². The number of benzene rings is 2. The second kappa shape index (κ2) is 9.06. The van der Waals surface area contributed by atoms with Crippen LogP contribution in [0.3, 0.4) is 0 Å². The molecule has 1 heterocycles. The second-order valence-electron chi connectivity index (χ2n) is 6.71. The van der Waals surface area contributed by atoms with E-state index in [-0.39, 0.29) is 11.3 Å². The maximum Gasteiger partial charge on any atom is 0.224 e. The Morgan fingerprint density at radius 1 is 1.08 bits per heavy atom. The molecule has 1 unspecified atom stereocenters. The van der Waals surface area contributed by atoms with Crippen LogP contribution in [0.15, 0.2) is 66.7 Å². The maximum atomic E-state index is 12.5. The molecule has 26 heavy (non-hydrogen) atoms. The van der Waals surface area contributed by atoms with Crippen molar-refractivity contribution in [1.29, 1.82) is 0 Å². The van der Waals surface area contributed by atoms with Crippen LogP contribution in [0.1, 0.15) is 17.5 Å². The molecule has 1 aliphatic rings. The minimum Gasteiger partial charge on any atom is -0.326 e. The molecule has 0 N–H and O–H groups in total. The fourth-order valence-electron chi connectivity index (χ4n) is 3.08. The Hall–Kier alpha value is -2.04. The summed E-state index contributed by atoms with van der Waals surface area (Å²) in [7, 11) is 4.09. The number of amides is 1. The average Bonchev–Trinajstić information content (AvgIpc) is 2.66. The van der Waals surface area contributed by atoms with Gasteiger partial charge in [0, 0.05) is 25.3 Å². The quantitative estimate of drug-likeness (QED) is 0.773. The Morgan fingerprint density at radius 2 is 1.65 bits per heavy atom. The maximum absolute atomic E-state index is 12.5. The molecule has 4 heteroatoms. The van der Waals surface area contributed by atoms with Crippen molar-refractivity contribution in [2.75, 3.05) is 32.9 Å². The van der Waals surface area contributed by atoms with Gasteiger partial charge in [-0.1, -0.05) is 60.7 Å². The predicted molar refractivity (Wildman–Crippen MR) is 111 cm³/mol. The van der Waals surface area contributed by atoms with Gasteiger partial charge in [0.15, 0.2) is 0 Å². The van der Waals surface area contributed by atoms with E-state index in [1.54, 1.807) is 0 Å². The summed E-state index contributed by atoms with van der Waals surface area (Å²) in [6.07, 6.45) is 2.90. The molecule has 1 atom stereocenters. The van der Waals surface area contributed by atoms with Crippen LogP contribution in [-0.4, -0.2) is 54.0 Å². The summed E-state index contributed by atoms with van der Waals surface area (Å²) in [4.78, 5) is 16.7. The Kier molecular flexibility index (Phi) is 6.53. The number of likely N-dealkylation sites (N-methyl/N-ethyl adjacent to an activating group) is 1. The molecule has 1 aliphatic heterocycles. The fourth-order valence-corrected chi connectivity index (χ4v) is 4.25. The molecule has 3 rings (SSSR count). The fraction of sp³-hybridized carbons (Fsp3) is 0.318. The molecule has 0 saturated carbocycles. The summed E-state index contributed by atoms with van der Waals surface area (Å²) in [5.41, 5.74) is 3.56. The third-order valence-electron chi connectivity index (χ3n) is 4.50. The van der Waals surface area contributed by atoms with Crippen LogP contribution in [0, 0.1) is 0 Å². The lowest BCUT2D eigenvalue weighted by atomic mass is 9.97. The number of hydrogen-bond donors (Lipinski definition) is 0. The Balaban J connectivity index is 1.96. The predicted octanol–water partition coefficient (Wildman–Crippen LogP) is 3.97. The first-order chi connectivity index (χ1) is 12.6. The molecule has 0 aromatic heterocycles. The van der Waals surface area contributed by atoms with E-state index in [4.69, 9.17) is 0 Å². The van der Waals surface area contributed by atoms with Gasteiger partial charge >= 0.3 is 0 Å². The van der Waals surface area contributed by atoms with E-state index < -0.39 is 0 Å². The second-order valence-corrected chi connectivity index (χ2v) is 7.94. The molecule has 0 bridgehead atoms. The summed E-state index contributed by atoms with van der Waals surface area (Å²) in [6, 6.07) is 20.9. The first kappa shape index (κ1) is 18.7. The highest BCUT2D eigenvalue weighted by Gasteiger charge is 2.27. The minimum atomic E-state index is 0.0756. The topological polar surface area (TPSA) is 23.6 Å². The lowest BCUT2D eigenvalue weighted by Gasteiger charge is -2.34. The monoisotopic (exact) mass is 366 g/mol. The van der Waals surface area contributed by atoms with Crippen molar-refractivity contribution >= 4 is 23.2 Å². The summed E-state index contributed by atoms with van der Waals surface area (Å²) < 4.78 is 0. The normalized spacial score (nSPS) is 17.4. The third-order valence-corrected chi connectivity index (χ3v) is 5.67. The lowest BCUT2D eigenvalue weighted by molar-refractivity contribution is -0.131. The SMILES string of the molecule is CN(C)CCN1C(=O)CCSC1C=C(c1ccccc1)c1ccccc1. The van der Waals surface area contributed by atoms with Gasteiger partial charge in [0.05, 0.1) is 5.37 Å². The average molecular weight is 367 g/mol. The Bertz CT molecular complexity index is 702. The highest BCUT2D eigenvalue weighted by Crippen LogP contribution is 2.31. The molecule has 0 spiro atoms. The van der Waals surface area contributed by atoms with Crippen LogP contribution in [0.4, 0.5) is 0 Å². The lowest BCUT2D eigenvalue weighted by Crippen LogP contribution is -2.44. The molecular weight excluding hydrogens is 340 g/mol. The zero-order valence-corrected chi connectivity index (χ0v) is 16.3. The number of rotatable bonds is 6. The van der Waals surface area contributed by atoms with Gasteiger partial charge in [0.1, 0.15) is 0 Å². The largest absolute Gasteiger partial charge is 0.326 e. The van der Waals surface area contributed by atoms with E-state index in [9.17, 15) is 4.79 Å². The van der Waals surface area contributed by atoms with E-state index in [2.05, 4.69) is 59.5 Å². The van der Waals surface area contributed by atoms with Gasteiger partial charge in [-0.05, 0) is 36.9 Å². The van der Waals surface area contributed by atoms with Gasteiger partial charge in [0.2, 0.25) is 5.91 Å². The zero-order chi connectivity index (χ0) is 18.4. The van der Waals surface area contributed by atoms with Crippen molar-refractivity contribution in [3.05, 3.63) is 77.9 Å². The van der Waals surface area contributed by atoms with Crippen LogP contribution < -0.4 is 0 Å². The number of hydrogen-bond acceptors (Lipinski definition) is 3. The highest BCUT2D eigenvalue weighted by molar-refractivity contribution is 8.00. The number of nitrogens with zero attached hydrogens (tertiary/aromatic N) is 2. The van der Waals surface area contributed by atoms with Gasteiger partial charge in [-0.25, -0.2) is 0 Å². The van der Waals surface area contributed by atoms with Crippen molar-refractivity contribution in [2.45, 2.75) is 11.8 Å². The molecule has 1 amide bonds. The summed E-state index contributed by atoms with van der Waals surface area (Å²) in [5.74, 6) is 1.14. The summed E-state index contributed by atoms with van der Waals surface area (Å²) in [6.45, 7) is 1.64. The standard InChI is InChI=1S/C22H26N2OS/c1-23(2)14-15-24-21(25)13-16-26-22(24)17-20(18-9-5-3-6-10-18)19-11-7-4-8-12-19/h3-12,17,22H,13-16H2,1-2H3. The first-order valence-corrected chi connectivity index (χ1v) is 10.1. The van der Waals surface area contributed by atoms with Crippen molar-refractivity contribution in [1.82, 2.24) is 9.80 Å². The third kappa shape index (κ3) is 4.77. The van der Waals surface area contributed by atoms with E-state index in [1.165, 1.54) is 16.7 Å². The summed E-state index contributed by atoms with van der Waals surface area (Å²) in [5, 5.41) is 0.0756. The van der Waals surface area contributed by atoms with Gasteiger partial charge in [-0.3, -0.25) is 4.79 Å². The van der Waals surface area contributed by atoms with Crippen LogP contribution >= 0.6 is 11.8 Å². The van der Waals surface area contributed by atoms with Crippen LogP contribution in [0.5, 0.6) is 0 Å². The van der Waals surface area contributed by atoms with Crippen molar-refractivity contribution < 1.29 is 4.79 Å². The zero-order valence-electron chi connectivity index (χ0n) is 15.5. The van der Waals surface area contributed by atoms with Gasteiger partial charge in [-0.15, -0.1) is 11.8 Å². The van der Waals surface area contributed by atoms with E-state index >= 15 is 0 Å². The highest BCUT2D eigenvalue weighted by atomic mass is 32.2. The molecule has 136 valence electrons. The molecule has 0 radical (unpaired) electrons. The van der Waals surface area contributed by atoms with Crippen molar-refractivity contribution in [3.8, 4) is 0 Å². The van der Waals surface area contributed by atoms with E-state index in [0.29, 0.717) is 6.42 Å². The van der Waals surface area contributed by atoms with Crippen LogP contribution in [0.25, 0.3) is 5.57 Å². The van der Waals surface area contributed by atoms with E-state index in [1.807, 2.05) is 42.9 Å². The number of carbonyl (C=O) groups excluding carboxylic acids is 1. The van der Waals surface area contributed by atoms with Gasteiger partial charge in [0.25, 0.3) is 0 Å². The summed E-state index contributed by atoms with van der Waals surface area (Å²) >= 11 is 1.85. The molecule has 2 aromatic carbocycles. The first-order valence-electron chi connectivity index (χ1n) is 9.03. The van der Waals surface area contributed by atoms with Gasteiger partial charge < -0.3 is 9.80 Å². The molecule has 1 fully saturated rings. The van der Waals surface area contributed by atoms with Crippen molar-refractivity contribution in [3.63, 3.8) is 0 Å². The van der Waals surface area contributed by atoms with E-state index in [0.717, 1.165) is 18.8 Å². The molecular formula is C22H26N2OS. The number of thioether (sulfide) groups is 1. The molecule has 2 aromatic rings. The Morgan fingerprint density at radius 3 is 2.19 bits per heavy atom. The Labute approximate surface area is 160 Å². The molecule has 1 saturated heterocycles. The van der Waals surface area contributed by atoms with Crippen molar-refractivity contribution in [2.24, 2.45) is 0 Å². The number of carbonyl (C=O) groups is 1. The molecule has 0 aliphatic carbocycles. The van der Waals surface area contributed by atoms with Crippen LogP contribution in [0.2, 0.25) is 0 Å². The van der Waals surface area contributed by atoms with Gasteiger partial charge in [-0.2, -0.15) is 0 Å². The molecule has 3 nitrogen and oxygen atoms in total.